The van der Waals surface area contributed by atoms with Crippen LogP contribution in [0.25, 0.3) is 0 Å². The van der Waals surface area contributed by atoms with E-state index < -0.39 is 0 Å². The lowest BCUT2D eigenvalue weighted by Crippen LogP contribution is -2.05. The summed E-state index contributed by atoms with van der Waals surface area (Å²) in [5, 5.41) is 0. The van der Waals surface area contributed by atoms with Crippen LogP contribution in [0.5, 0.6) is 0 Å². The zero-order valence-electron chi connectivity index (χ0n) is 8.14. The SMILES string of the molecule is C/C=C\N(/C=C/C)c1ccccc1. The first-order chi connectivity index (χ1) is 6.38. The van der Waals surface area contributed by atoms with E-state index in [9.17, 15) is 0 Å². The summed E-state index contributed by atoms with van der Waals surface area (Å²) in [6.07, 6.45) is 8.12. The molecule has 0 atom stereocenters. The summed E-state index contributed by atoms with van der Waals surface area (Å²) in [5.74, 6) is 0. The molecule has 13 heavy (non-hydrogen) atoms. The Kier molecular flexibility index (Phi) is 3.83. The van der Waals surface area contributed by atoms with Crippen LogP contribution in [0.2, 0.25) is 0 Å². The molecule has 1 nitrogen and oxygen atoms in total. The second-order valence-electron chi connectivity index (χ2n) is 2.71. The molecule has 0 aliphatic rings. The summed E-state index contributed by atoms with van der Waals surface area (Å²) in [6.45, 7) is 4.03. The largest absolute Gasteiger partial charge is 0.325 e. The van der Waals surface area contributed by atoms with Gasteiger partial charge in [0.15, 0.2) is 0 Å². The van der Waals surface area contributed by atoms with Crippen molar-refractivity contribution >= 4 is 5.69 Å². The number of anilines is 1. The average molecular weight is 173 g/mol. The highest BCUT2D eigenvalue weighted by molar-refractivity contribution is 5.51. The number of benzene rings is 1. The highest BCUT2D eigenvalue weighted by Crippen LogP contribution is 2.13. The number of hydrogen-bond donors (Lipinski definition) is 0. The molecule has 0 fully saturated rings. The van der Waals surface area contributed by atoms with Gasteiger partial charge in [0.1, 0.15) is 0 Å². The summed E-state index contributed by atoms with van der Waals surface area (Å²) in [6, 6.07) is 10.3. The highest BCUT2D eigenvalue weighted by atomic mass is 15.1. The lowest BCUT2D eigenvalue weighted by Gasteiger charge is -2.14. The fourth-order valence-electron chi connectivity index (χ4n) is 1.14. The molecule has 0 saturated heterocycles. The number of nitrogens with zero attached hydrogens (tertiary/aromatic N) is 1. The Bertz CT molecular complexity index is 273. The monoisotopic (exact) mass is 173 g/mol. The van der Waals surface area contributed by atoms with Crippen LogP contribution in [-0.4, -0.2) is 0 Å². The van der Waals surface area contributed by atoms with Crippen molar-refractivity contribution in [3.63, 3.8) is 0 Å². The lowest BCUT2D eigenvalue weighted by atomic mass is 10.3. The van der Waals surface area contributed by atoms with Gasteiger partial charge in [0.25, 0.3) is 0 Å². The van der Waals surface area contributed by atoms with Gasteiger partial charge in [-0.3, -0.25) is 0 Å². The van der Waals surface area contributed by atoms with E-state index >= 15 is 0 Å². The maximum atomic E-state index is 2.08. The predicted octanol–water partition coefficient (Wildman–Crippen LogP) is 3.56. The van der Waals surface area contributed by atoms with Crippen molar-refractivity contribution in [2.24, 2.45) is 0 Å². The standard InChI is InChI=1S/C12H15N/c1-3-10-13(11-4-2)12-8-6-5-7-9-12/h3-11H,1-2H3/b10-3-,11-4+. The van der Waals surface area contributed by atoms with E-state index in [2.05, 4.69) is 17.0 Å². The van der Waals surface area contributed by atoms with Crippen LogP contribution in [0.4, 0.5) is 5.69 Å². The smallest absolute Gasteiger partial charge is 0.0449 e. The molecule has 1 aromatic carbocycles. The van der Waals surface area contributed by atoms with Gasteiger partial charge in [-0.2, -0.15) is 0 Å². The van der Waals surface area contributed by atoms with Gasteiger partial charge < -0.3 is 4.90 Å². The molecule has 0 bridgehead atoms. The molecule has 0 aliphatic heterocycles. The average Bonchev–Trinajstić information content (AvgIpc) is 2.19. The second-order valence-corrected chi connectivity index (χ2v) is 2.71. The molecule has 0 heterocycles. The van der Waals surface area contributed by atoms with Crippen LogP contribution in [0.15, 0.2) is 54.9 Å². The van der Waals surface area contributed by atoms with Gasteiger partial charge in [0.2, 0.25) is 0 Å². The third-order valence-corrected chi connectivity index (χ3v) is 1.67. The van der Waals surface area contributed by atoms with Crippen molar-refractivity contribution in [2.45, 2.75) is 13.8 Å². The number of rotatable bonds is 3. The molecule has 0 aliphatic carbocycles. The van der Waals surface area contributed by atoms with E-state index in [0.717, 1.165) is 0 Å². The molecule has 0 spiro atoms. The zero-order chi connectivity index (χ0) is 9.52. The molecular weight excluding hydrogens is 158 g/mol. The molecule has 68 valence electrons. The normalized spacial score (nSPS) is 11.2. The van der Waals surface area contributed by atoms with E-state index in [4.69, 9.17) is 0 Å². The summed E-state index contributed by atoms with van der Waals surface area (Å²) in [4.78, 5) is 2.08. The summed E-state index contributed by atoms with van der Waals surface area (Å²) in [5.41, 5.74) is 1.18. The molecule has 0 aromatic heterocycles. The molecule has 1 heteroatoms. The fourth-order valence-corrected chi connectivity index (χ4v) is 1.14. The van der Waals surface area contributed by atoms with Crippen LogP contribution in [0, 0.1) is 0 Å². The van der Waals surface area contributed by atoms with Gasteiger partial charge in [-0.25, -0.2) is 0 Å². The van der Waals surface area contributed by atoms with Gasteiger partial charge >= 0.3 is 0 Å². The van der Waals surface area contributed by atoms with Crippen molar-refractivity contribution < 1.29 is 0 Å². The van der Waals surface area contributed by atoms with Gasteiger partial charge in [-0.15, -0.1) is 0 Å². The first kappa shape index (κ1) is 9.59. The molecular formula is C12H15N. The van der Waals surface area contributed by atoms with Crippen molar-refractivity contribution in [3.05, 3.63) is 54.9 Å². The molecule has 0 radical (unpaired) electrons. The van der Waals surface area contributed by atoms with Gasteiger partial charge in [0, 0.05) is 18.1 Å². The maximum Gasteiger partial charge on any atom is 0.0449 e. The van der Waals surface area contributed by atoms with E-state index in [-0.39, 0.29) is 0 Å². The second kappa shape index (κ2) is 5.20. The third-order valence-electron chi connectivity index (χ3n) is 1.67. The lowest BCUT2D eigenvalue weighted by molar-refractivity contribution is 1.26. The summed E-state index contributed by atoms with van der Waals surface area (Å²) in [7, 11) is 0. The van der Waals surface area contributed by atoms with Crippen molar-refractivity contribution in [1.82, 2.24) is 0 Å². The Balaban J connectivity index is 2.88. The first-order valence-electron chi connectivity index (χ1n) is 4.47. The maximum absolute atomic E-state index is 2.08. The molecule has 1 rings (SSSR count). The Morgan fingerprint density at radius 1 is 0.923 bits per heavy atom. The highest BCUT2D eigenvalue weighted by Gasteiger charge is 1.94. The Labute approximate surface area is 80.0 Å². The molecule has 0 amide bonds. The Morgan fingerprint density at radius 2 is 1.46 bits per heavy atom. The molecule has 0 saturated carbocycles. The van der Waals surface area contributed by atoms with Gasteiger partial charge in [0.05, 0.1) is 0 Å². The molecule has 0 unspecified atom stereocenters. The van der Waals surface area contributed by atoms with Crippen LogP contribution in [-0.2, 0) is 0 Å². The van der Waals surface area contributed by atoms with E-state index in [1.165, 1.54) is 5.69 Å². The van der Waals surface area contributed by atoms with Crippen LogP contribution >= 0.6 is 0 Å². The van der Waals surface area contributed by atoms with E-state index in [1.54, 1.807) is 0 Å². The molecule has 1 aromatic rings. The molecule has 0 N–H and O–H groups in total. The number of allylic oxidation sites excluding steroid dienone is 2. The topological polar surface area (TPSA) is 3.24 Å². The third kappa shape index (κ3) is 2.79. The summed E-state index contributed by atoms with van der Waals surface area (Å²) < 4.78 is 0. The Morgan fingerprint density at radius 3 is 1.92 bits per heavy atom. The minimum absolute atomic E-state index is 1.18. The first-order valence-corrected chi connectivity index (χ1v) is 4.47. The minimum Gasteiger partial charge on any atom is -0.325 e. The number of para-hydroxylation sites is 1. The predicted molar refractivity (Wildman–Crippen MR) is 58.5 cm³/mol. The van der Waals surface area contributed by atoms with Crippen molar-refractivity contribution in [2.75, 3.05) is 4.90 Å². The van der Waals surface area contributed by atoms with Gasteiger partial charge in [-0.1, -0.05) is 30.4 Å². The Hall–Kier alpha value is -1.50. The quantitative estimate of drug-likeness (QED) is 0.675. The van der Waals surface area contributed by atoms with Crippen LogP contribution < -0.4 is 4.90 Å². The van der Waals surface area contributed by atoms with Gasteiger partial charge in [-0.05, 0) is 26.0 Å². The van der Waals surface area contributed by atoms with E-state index in [0.29, 0.717) is 0 Å². The number of hydrogen-bond acceptors (Lipinski definition) is 1. The van der Waals surface area contributed by atoms with Crippen molar-refractivity contribution in [1.29, 1.82) is 0 Å². The fraction of sp³-hybridized carbons (Fsp3) is 0.167. The summed E-state index contributed by atoms with van der Waals surface area (Å²) >= 11 is 0. The van der Waals surface area contributed by atoms with Crippen LogP contribution in [0.3, 0.4) is 0 Å². The van der Waals surface area contributed by atoms with Crippen molar-refractivity contribution in [3.8, 4) is 0 Å². The van der Waals surface area contributed by atoms with E-state index in [1.807, 2.05) is 56.6 Å². The minimum atomic E-state index is 1.18. The zero-order valence-corrected chi connectivity index (χ0v) is 8.14. The van der Waals surface area contributed by atoms with Crippen LogP contribution in [0.1, 0.15) is 13.8 Å².